The number of unbranched alkanes of at least 4 members (excludes halogenated alkanes) is 22. The number of rotatable bonds is 39. The molecule has 0 aromatic carbocycles. The van der Waals surface area contributed by atoms with Crippen LogP contribution in [0.25, 0.3) is 0 Å². The molecule has 0 saturated heterocycles. The number of ether oxygens (including phenoxy) is 3. The summed E-state index contributed by atoms with van der Waals surface area (Å²) in [6.07, 6.45) is 45.7. The molecule has 0 aliphatic rings. The van der Waals surface area contributed by atoms with Crippen LogP contribution in [-0.4, -0.2) is 37.2 Å². The highest BCUT2D eigenvalue weighted by molar-refractivity contribution is 5.71. The molecule has 6 heteroatoms. The van der Waals surface area contributed by atoms with Gasteiger partial charge in [0.25, 0.3) is 0 Å². The van der Waals surface area contributed by atoms with E-state index in [9.17, 15) is 14.4 Å². The van der Waals surface area contributed by atoms with Gasteiger partial charge in [-0.3, -0.25) is 14.4 Å². The van der Waals surface area contributed by atoms with E-state index < -0.39 is 6.10 Å². The minimum Gasteiger partial charge on any atom is -0.462 e. The molecule has 0 saturated carbocycles. The minimum atomic E-state index is -0.782. The second-order valence-corrected chi connectivity index (χ2v) is 14.6. The molecule has 0 bridgehead atoms. The van der Waals surface area contributed by atoms with Crippen LogP contribution in [0.15, 0.2) is 36.5 Å². The zero-order valence-electron chi connectivity index (χ0n) is 34.3. The topological polar surface area (TPSA) is 78.9 Å². The first-order valence-corrected chi connectivity index (χ1v) is 22.0. The summed E-state index contributed by atoms with van der Waals surface area (Å²) in [6.45, 7) is 6.43. The molecule has 6 nitrogen and oxygen atoms in total. The van der Waals surface area contributed by atoms with Crippen molar-refractivity contribution in [1.82, 2.24) is 0 Å². The van der Waals surface area contributed by atoms with Crippen LogP contribution >= 0.6 is 0 Å². The van der Waals surface area contributed by atoms with Gasteiger partial charge in [0, 0.05) is 19.3 Å². The summed E-state index contributed by atoms with van der Waals surface area (Å²) in [5, 5.41) is 0. The van der Waals surface area contributed by atoms with Crippen LogP contribution in [0.3, 0.4) is 0 Å². The maximum atomic E-state index is 12.7. The number of carbonyl (C=O) groups is 3. The zero-order chi connectivity index (χ0) is 38.0. The smallest absolute Gasteiger partial charge is 0.306 e. The van der Waals surface area contributed by atoms with Crippen LogP contribution in [0, 0.1) is 0 Å². The number of hydrogen-bond donors (Lipinski definition) is 0. The van der Waals surface area contributed by atoms with E-state index in [4.69, 9.17) is 14.2 Å². The molecule has 0 fully saturated rings. The lowest BCUT2D eigenvalue weighted by molar-refractivity contribution is -0.167. The summed E-state index contributed by atoms with van der Waals surface area (Å²) in [4.78, 5) is 37.6. The van der Waals surface area contributed by atoms with E-state index in [0.29, 0.717) is 19.3 Å². The maximum absolute atomic E-state index is 12.7. The Morgan fingerprint density at radius 1 is 0.404 bits per heavy atom. The van der Waals surface area contributed by atoms with E-state index >= 15 is 0 Å². The molecular weight excluding hydrogens is 649 g/mol. The van der Waals surface area contributed by atoms with E-state index in [-0.39, 0.29) is 31.1 Å². The zero-order valence-corrected chi connectivity index (χ0v) is 34.3. The van der Waals surface area contributed by atoms with E-state index in [1.54, 1.807) is 0 Å². The number of carbonyl (C=O) groups excluding carboxylic acids is 3. The van der Waals surface area contributed by atoms with Gasteiger partial charge in [-0.1, -0.05) is 173 Å². The van der Waals surface area contributed by atoms with E-state index in [1.165, 1.54) is 96.3 Å². The van der Waals surface area contributed by atoms with Crippen LogP contribution in [0.2, 0.25) is 0 Å². The third-order valence-electron chi connectivity index (χ3n) is 9.38. The molecule has 52 heavy (non-hydrogen) atoms. The molecule has 0 aliphatic carbocycles. The van der Waals surface area contributed by atoms with Gasteiger partial charge in [-0.15, -0.1) is 0 Å². The Morgan fingerprint density at radius 2 is 0.769 bits per heavy atom. The molecule has 0 radical (unpaired) electrons. The van der Waals surface area contributed by atoms with Gasteiger partial charge in [-0.2, -0.15) is 0 Å². The second-order valence-electron chi connectivity index (χ2n) is 14.6. The van der Waals surface area contributed by atoms with E-state index in [2.05, 4.69) is 57.2 Å². The van der Waals surface area contributed by atoms with Gasteiger partial charge in [0.1, 0.15) is 13.2 Å². The lowest BCUT2D eigenvalue weighted by Gasteiger charge is -2.18. The van der Waals surface area contributed by atoms with Crippen molar-refractivity contribution in [3.8, 4) is 0 Å². The molecule has 1 unspecified atom stereocenters. The highest BCUT2D eigenvalue weighted by Gasteiger charge is 2.19. The summed E-state index contributed by atoms with van der Waals surface area (Å²) in [5.74, 6) is -0.932. The van der Waals surface area contributed by atoms with Crippen molar-refractivity contribution in [1.29, 1.82) is 0 Å². The SMILES string of the molecule is CC/C=C\C/C=C\CCCCC(=O)OCC(COC(=O)CCCCCCCCCCCCCCCC)OC(=O)CCCCCCC/C=C\CCCC. The van der Waals surface area contributed by atoms with Crippen LogP contribution in [0.5, 0.6) is 0 Å². The number of allylic oxidation sites excluding steroid dienone is 6. The molecule has 0 aromatic rings. The fourth-order valence-corrected chi connectivity index (χ4v) is 6.05. The second kappa shape index (κ2) is 41.4. The Morgan fingerprint density at radius 3 is 1.27 bits per heavy atom. The average Bonchev–Trinajstić information content (AvgIpc) is 3.14. The van der Waals surface area contributed by atoms with Crippen molar-refractivity contribution >= 4 is 17.9 Å². The molecule has 0 amide bonds. The predicted octanol–water partition coefficient (Wildman–Crippen LogP) is 13.8. The molecule has 0 N–H and O–H groups in total. The Hall–Kier alpha value is -2.37. The Balaban J connectivity index is 4.36. The average molecular weight is 731 g/mol. The van der Waals surface area contributed by atoms with Gasteiger partial charge in [-0.05, 0) is 64.2 Å². The number of hydrogen-bond acceptors (Lipinski definition) is 6. The van der Waals surface area contributed by atoms with E-state index in [0.717, 1.165) is 83.5 Å². The molecular formula is C46H82O6. The minimum absolute atomic E-state index is 0.0838. The van der Waals surface area contributed by atoms with Crippen LogP contribution < -0.4 is 0 Å². The molecule has 0 rings (SSSR count). The van der Waals surface area contributed by atoms with Gasteiger partial charge >= 0.3 is 17.9 Å². The maximum Gasteiger partial charge on any atom is 0.306 e. The van der Waals surface area contributed by atoms with Crippen molar-refractivity contribution in [2.45, 2.75) is 226 Å². The Kier molecular flexibility index (Phi) is 39.5. The molecule has 302 valence electrons. The highest BCUT2D eigenvalue weighted by Crippen LogP contribution is 2.14. The van der Waals surface area contributed by atoms with Crippen molar-refractivity contribution in [3.63, 3.8) is 0 Å². The van der Waals surface area contributed by atoms with Crippen LogP contribution in [-0.2, 0) is 28.6 Å². The monoisotopic (exact) mass is 731 g/mol. The lowest BCUT2D eigenvalue weighted by Crippen LogP contribution is -2.30. The molecule has 1 atom stereocenters. The number of esters is 3. The molecule has 0 heterocycles. The van der Waals surface area contributed by atoms with Gasteiger partial charge < -0.3 is 14.2 Å². The Bertz CT molecular complexity index is 891. The predicted molar refractivity (Wildman–Crippen MR) is 219 cm³/mol. The third kappa shape index (κ3) is 38.9. The summed E-state index contributed by atoms with van der Waals surface area (Å²) in [5.41, 5.74) is 0. The summed E-state index contributed by atoms with van der Waals surface area (Å²) in [6, 6.07) is 0. The summed E-state index contributed by atoms with van der Waals surface area (Å²) < 4.78 is 16.6. The summed E-state index contributed by atoms with van der Waals surface area (Å²) >= 11 is 0. The first-order valence-electron chi connectivity index (χ1n) is 22.0. The third-order valence-corrected chi connectivity index (χ3v) is 9.38. The standard InChI is InChI=1S/C46H82O6/c1-4-7-10-13-16-19-21-22-23-25-27-30-33-36-39-45(48)51-42-43(41-50-44(47)38-35-32-29-26-18-15-12-9-6-3)52-46(49)40-37-34-31-28-24-20-17-14-11-8-5-2/h9,12,14,17-18,26,43H,4-8,10-11,13,15-16,19-25,27-42H2,1-3H3/b12-9-,17-14-,26-18-. The van der Waals surface area contributed by atoms with Crippen molar-refractivity contribution in [2.75, 3.05) is 13.2 Å². The molecule has 0 aromatic heterocycles. The normalized spacial score (nSPS) is 12.3. The first-order chi connectivity index (χ1) is 25.5. The fourth-order valence-electron chi connectivity index (χ4n) is 6.05. The van der Waals surface area contributed by atoms with Crippen LogP contribution in [0.1, 0.15) is 220 Å². The fraction of sp³-hybridized carbons (Fsp3) is 0.804. The van der Waals surface area contributed by atoms with Crippen molar-refractivity contribution < 1.29 is 28.6 Å². The van der Waals surface area contributed by atoms with Gasteiger partial charge in [0.15, 0.2) is 6.10 Å². The quantitative estimate of drug-likeness (QED) is 0.0271. The first kappa shape index (κ1) is 49.6. The van der Waals surface area contributed by atoms with Crippen LogP contribution in [0.4, 0.5) is 0 Å². The van der Waals surface area contributed by atoms with Gasteiger partial charge in [0.2, 0.25) is 0 Å². The van der Waals surface area contributed by atoms with Gasteiger partial charge in [-0.25, -0.2) is 0 Å². The van der Waals surface area contributed by atoms with Crippen molar-refractivity contribution in [2.24, 2.45) is 0 Å². The lowest BCUT2D eigenvalue weighted by atomic mass is 10.0. The molecule has 0 aliphatic heterocycles. The van der Waals surface area contributed by atoms with Crippen molar-refractivity contribution in [3.05, 3.63) is 36.5 Å². The summed E-state index contributed by atoms with van der Waals surface area (Å²) in [7, 11) is 0. The Labute approximate surface area is 321 Å². The van der Waals surface area contributed by atoms with Gasteiger partial charge in [0.05, 0.1) is 0 Å². The van der Waals surface area contributed by atoms with E-state index in [1.807, 2.05) is 0 Å². The largest absolute Gasteiger partial charge is 0.462 e. The molecule has 0 spiro atoms. The highest BCUT2D eigenvalue weighted by atomic mass is 16.6.